The van der Waals surface area contributed by atoms with Crippen LogP contribution >= 0.6 is 23.5 Å². The SMILES string of the molecule is CCC[C@H](N)C(=O)C(=O)N(C(=O)CN)[C@](C(=O)O)(C(=O)C1CC2(SCCCS2)C(C(=O)C(NC(=O)[C@H](CC(C)C)NC(C)=O)C2CCCCC2)N1)c1ccccc1. The molecule has 2 aliphatic heterocycles. The number of nitrogens with two attached hydrogens (primary N) is 2. The third kappa shape index (κ3) is 10.2. The maximum absolute atomic E-state index is 15.3. The Labute approximate surface area is 342 Å². The Hall–Kier alpha value is -3.64. The number of aliphatic carboxylic acids is 1. The first-order valence-corrected chi connectivity index (χ1v) is 21.9. The molecule has 4 rings (SSSR count). The van der Waals surface area contributed by atoms with Gasteiger partial charge in [0.2, 0.25) is 29.0 Å². The first-order valence-electron chi connectivity index (χ1n) is 19.9. The number of ketones is 3. The Bertz CT molecular complexity index is 1670. The van der Waals surface area contributed by atoms with Crippen molar-refractivity contribution in [3.63, 3.8) is 0 Å². The van der Waals surface area contributed by atoms with Crippen molar-refractivity contribution in [2.75, 3.05) is 18.1 Å². The molecule has 2 saturated heterocycles. The van der Waals surface area contributed by atoms with E-state index in [2.05, 4.69) is 16.0 Å². The topological polar surface area (TPSA) is 248 Å². The Balaban J connectivity index is 1.85. The summed E-state index contributed by atoms with van der Waals surface area (Å²) in [5, 5.41) is 20.1. The first-order chi connectivity index (χ1) is 27.0. The molecular weight excluding hydrogens is 773 g/mol. The zero-order valence-electron chi connectivity index (χ0n) is 33.3. The van der Waals surface area contributed by atoms with Crippen LogP contribution in [0.4, 0.5) is 0 Å². The van der Waals surface area contributed by atoms with Gasteiger partial charge in [-0.1, -0.05) is 76.8 Å². The molecule has 1 spiro atoms. The first kappa shape index (κ1) is 46.1. The van der Waals surface area contributed by atoms with Crippen LogP contribution in [0.3, 0.4) is 0 Å². The number of hydrogen-bond donors (Lipinski definition) is 6. The summed E-state index contributed by atoms with van der Waals surface area (Å²) in [6, 6.07) is 1.21. The maximum atomic E-state index is 15.3. The number of carboxylic acids is 1. The number of hydrogen-bond acceptors (Lipinski definition) is 13. The average molecular weight is 831 g/mol. The number of benzene rings is 1. The highest BCUT2D eigenvalue weighted by Crippen LogP contribution is 2.53. The standard InChI is InChI=1S/C40H58N6O9S2/c1-5-13-27(42)32(49)37(53)46(30(48)22-41)40(38(54)55,26-16-10-7-11-17-26)35(51)29-21-39(56-18-12-19-57-39)34(44-29)33(50)31(25-14-8-6-9-15-25)45-36(52)28(20-23(2)3)43-24(4)47/h7,10-11,16-17,23,25,27-29,31,34,44H,5-6,8-9,12-15,18-22,41-42H2,1-4H3,(H,43,47)(H,45,52)(H,54,55)/t27-,28-,29?,31?,34?,40-/m0/s1. The number of nitrogens with one attached hydrogen (secondary N) is 3. The van der Waals surface area contributed by atoms with Crippen molar-refractivity contribution in [1.29, 1.82) is 0 Å². The second-order valence-electron chi connectivity index (χ2n) is 15.6. The van der Waals surface area contributed by atoms with E-state index in [1.807, 2.05) is 13.8 Å². The average Bonchev–Trinajstić information content (AvgIpc) is 3.55. The van der Waals surface area contributed by atoms with Gasteiger partial charge in [0.25, 0.3) is 5.91 Å². The zero-order chi connectivity index (χ0) is 42.1. The molecule has 2 heterocycles. The van der Waals surface area contributed by atoms with Crippen molar-refractivity contribution in [2.24, 2.45) is 23.3 Å². The number of carbonyl (C=O) groups is 8. The quantitative estimate of drug-likeness (QED) is 0.0916. The molecular formula is C40H58N6O9S2. The molecule has 0 bridgehead atoms. The van der Waals surface area contributed by atoms with Crippen LogP contribution in [0.25, 0.3) is 0 Å². The van der Waals surface area contributed by atoms with E-state index < -0.39 is 81.6 Å². The van der Waals surface area contributed by atoms with E-state index >= 15 is 9.59 Å². The summed E-state index contributed by atoms with van der Waals surface area (Å²) < 4.78 is -1.00. The van der Waals surface area contributed by atoms with Gasteiger partial charge in [-0.25, -0.2) is 9.69 Å². The molecule has 0 aromatic heterocycles. The van der Waals surface area contributed by atoms with Gasteiger partial charge < -0.3 is 27.2 Å². The summed E-state index contributed by atoms with van der Waals surface area (Å²) in [6.07, 6.45) is 5.52. The summed E-state index contributed by atoms with van der Waals surface area (Å²) in [4.78, 5) is 112. The number of nitrogens with zero attached hydrogens (tertiary/aromatic N) is 1. The minimum Gasteiger partial charge on any atom is -0.479 e. The third-order valence-corrected chi connectivity index (χ3v) is 14.4. The van der Waals surface area contributed by atoms with E-state index in [-0.39, 0.29) is 46.8 Å². The molecule has 314 valence electrons. The van der Waals surface area contributed by atoms with E-state index in [4.69, 9.17) is 11.5 Å². The fourth-order valence-corrected chi connectivity index (χ4v) is 11.8. The second kappa shape index (κ2) is 20.4. The lowest BCUT2D eigenvalue weighted by Gasteiger charge is -2.40. The molecule has 1 aromatic rings. The van der Waals surface area contributed by atoms with Gasteiger partial charge in [-0.3, -0.25) is 38.9 Å². The fraction of sp³-hybridized carbons (Fsp3) is 0.650. The van der Waals surface area contributed by atoms with Crippen LogP contribution in [0.15, 0.2) is 30.3 Å². The highest BCUT2D eigenvalue weighted by atomic mass is 32.2. The smallest absolute Gasteiger partial charge is 0.342 e. The van der Waals surface area contributed by atoms with Gasteiger partial charge in [0.05, 0.1) is 34.8 Å². The van der Waals surface area contributed by atoms with Gasteiger partial charge in [0, 0.05) is 6.92 Å². The Kier molecular flexibility index (Phi) is 16.5. The van der Waals surface area contributed by atoms with Crippen molar-refractivity contribution < 1.29 is 43.5 Å². The van der Waals surface area contributed by atoms with Gasteiger partial charge >= 0.3 is 5.97 Å². The van der Waals surface area contributed by atoms with Crippen molar-refractivity contribution in [1.82, 2.24) is 20.9 Å². The molecule has 17 heteroatoms. The lowest BCUT2D eigenvalue weighted by atomic mass is 9.79. The van der Waals surface area contributed by atoms with Crippen molar-refractivity contribution in [3.05, 3.63) is 35.9 Å². The zero-order valence-corrected chi connectivity index (χ0v) is 34.9. The maximum Gasteiger partial charge on any atom is 0.342 e. The van der Waals surface area contributed by atoms with Crippen LogP contribution in [-0.2, 0) is 43.9 Å². The van der Waals surface area contributed by atoms with Crippen LogP contribution in [0.2, 0.25) is 0 Å². The number of thioether (sulfide) groups is 2. The van der Waals surface area contributed by atoms with Crippen molar-refractivity contribution >= 4 is 70.5 Å². The van der Waals surface area contributed by atoms with Gasteiger partial charge in [-0.05, 0) is 67.4 Å². The summed E-state index contributed by atoms with van der Waals surface area (Å²) in [7, 11) is 0. The molecule has 1 aliphatic carbocycles. The monoisotopic (exact) mass is 830 g/mol. The van der Waals surface area contributed by atoms with Crippen LogP contribution in [0, 0.1) is 11.8 Å². The lowest BCUT2D eigenvalue weighted by molar-refractivity contribution is -0.173. The number of amides is 4. The second-order valence-corrected chi connectivity index (χ2v) is 18.7. The number of rotatable bonds is 18. The molecule has 0 radical (unpaired) electrons. The lowest BCUT2D eigenvalue weighted by Crippen LogP contribution is -2.67. The van der Waals surface area contributed by atoms with Gasteiger partial charge in [0.1, 0.15) is 6.04 Å². The third-order valence-electron chi connectivity index (χ3n) is 11.0. The molecule has 8 N–H and O–H groups in total. The molecule has 3 fully saturated rings. The van der Waals surface area contributed by atoms with Gasteiger partial charge in [0.15, 0.2) is 11.6 Å². The Morgan fingerprint density at radius 3 is 2.16 bits per heavy atom. The van der Waals surface area contributed by atoms with Gasteiger partial charge in [-0.15, -0.1) is 23.5 Å². The number of carbonyl (C=O) groups excluding carboxylic acids is 7. The van der Waals surface area contributed by atoms with E-state index in [0.717, 1.165) is 25.7 Å². The number of imide groups is 1. The number of Topliss-reactive ketones (excluding diaryl/α,β-unsaturated/α-hetero) is 3. The summed E-state index contributed by atoms with van der Waals surface area (Å²) in [6.45, 7) is 5.98. The minimum absolute atomic E-state index is 0.0485. The Morgan fingerprint density at radius 2 is 1.61 bits per heavy atom. The molecule has 57 heavy (non-hydrogen) atoms. The van der Waals surface area contributed by atoms with Crippen LogP contribution in [0.5, 0.6) is 0 Å². The fourth-order valence-electron chi connectivity index (χ4n) is 8.29. The summed E-state index contributed by atoms with van der Waals surface area (Å²) in [5.74, 6) is -7.37. The molecule has 4 amide bonds. The van der Waals surface area contributed by atoms with Crippen molar-refractivity contribution in [3.8, 4) is 0 Å². The molecule has 1 aromatic carbocycles. The van der Waals surface area contributed by atoms with Crippen LogP contribution in [0.1, 0.15) is 97.5 Å². The van der Waals surface area contributed by atoms with Crippen LogP contribution in [-0.4, -0.2) is 109 Å². The highest BCUT2D eigenvalue weighted by Gasteiger charge is 2.64. The highest BCUT2D eigenvalue weighted by molar-refractivity contribution is 8.19. The largest absolute Gasteiger partial charge is 0.479 e. The Morgan fingerprint density at radius 1 is 0.982 bits per heavy atom. The molecule has 1 saturated carbocycles. The molecule has 15 nitrogen and oxygen atoms in total. The summed E-state index contributed by atoms with van der Waals surface area (Å²) in [5.41, 5.74) is 8.41. The van der Waals surface area contributed by atoms with E-state index in [1.165, 1.54) is 54.7 Å². The van der Waals surface area contributed by atoms with E-state index in [1.54, 1.807) is 13.0 Å². The molecule has 6 atom stereocenters. The predicted octanol–water partition coefficient (Wildman–Crippen LogP) is 2.03. The van der Waals surface area contributed by atoms with E-state index in [9.17, 15) is 33.9 Å². The normalized spacial score (nSPS) is 22.1. The number of carboxylic acid groups (broad SMARTS) is 1. The van der Waals surface area contributed by atoms with Crippen molar-refractivity contribution in [2.45, 2.75) is 132 Å². The van der Waals surface area contributed by atoms with E-state index in [0.29, 0.717) is 37.2 Å². The minimum atomic E-state index is -3.09. The molecule has 3 unspecified atom stereocenters. The molecule has 3 aliphatic rings. The predicted molar refractivity (Wildman–Crippen MR) is 218 cm³/mol. The van der Waals surface area contributed by atoms with Gasteiger partial charge in [-0.2, -0.15) is 0 Å². The summed E-state index contributed by atoms with van der Waals surface area (Å²) >= 11 is 2.93. The van der Waals surface area contributed by atoms with Crippen LogP contribution < -0.4 is 27.4 Å².